The van der Waals surface area contributed by atoms with E-state index in [9.17, 15) is 9.59 Å². The zero-order chi connectivity index (χ0) is 12.7. The standard InChI is InChI=1S/C12H15NO4/c1-3-17-10-7-5-4-6-9(10)13-11(14)8-12(15)16-2/h4-7H,3,8H2,1-2H3,(H,13,14). The maximum absolute atomic E-state index is 11.5. The summed E-state index contributed by atoms with van der Waals surface area (Å²) in [5.74, 6) is -0.423. The molecule has 0 heterocycles. The van der Waals surface area contributed by atoms with E-state index in [1.807, 2.05) is 6.92 Å². The Morgan fingerprint density at radius 1 is 1.29 bits per heavy atom. The van der Waals surface area contributed by atoms with Crippen LogP contribution in [0.4, 0.5) is 5.69 Å². The summed E-state index contributed by atoms with van der Waals surface area (Å²) in [6, 6.07) is 7.04. The molecule has 1 aromatic rings. The Kier molecular flexibility index (Phi) is 5.00. The van der Waals surface area contributed by atoms with E-state index >= 15 is 0 Å². The van der Waals surface area contributed by atoms with E-state index in [4.69, 9.17) is 4.74 Å². The number of esters is 1. The zero-order valence-electron chi connectivity index (χ0n) is 9.86. The van der Waals surface area contributed by atoms with Gasteiger partial charge in [-0.2, -0.15) is 0 Å². The van der Waals surface area contributed by atoms with Crippen LogP contribution in [0.2, 0.25) is 0 Å². The third kappa shape index (κ3) is 4.14. The molecule has 1 aromatic carbocycles. The van der Waals surface area contributed by atoms with Gasteiger partial charge in [-0.3, -0.25) is 9.59 Å². The van der Waals surface area contributed by atoms with E-state index in [1.54, 1.807) is 24.3 Å². The van der Waals surface area contributed by atoms with Gasteiger partial charge in [0.2, 0.25) is 5.91 Å². The average molecular weight is 237 g/mol. The number of rotatable bonds is 5. The third-order valence-corrected chi connectivity index (χ3v) is 1.99. The number of amides is 1. The molecular formula is C12H15NO4. The van der Waals surface area contributed by atoms with Gasteiger partial charge in [-0.1, -0.05) is 12.1 Å². The van der Waals surface area contributed by atoms with Gasteiger partial charge in [0.05, 0.1) is 19.4 Å². The first kappa shape index (κ1) is 13.0. The second-order valence-corrected chi connectivity index (χ2v) is 3.23. The van der Waals surface area contributed by atoms with Crippen molar-refractivity contribution in [3.63, 3.8) is 0 Å². The van der Waals surface area contributed by atoms with E-state index < -0.39 is 11.9 Å². The second kappa shape index (κ2) is 6.52. The van der Waals surface area contributed by atoms with Crippen molar-refractivity contribution < 1.29 is 19.1 Å². The largest absolute Gasteiger partial charge is 0.492 e. The monoisotopic (exact) mass is 237 g/mol. The first-order valence-electron chi connectivity index (χ1n) is 5.25. The fraction of sp³-hybridized carbons (Fsp3) is 0.333. The van der Waals surface area contributed by atoms with Crippen molar-refractivity contribution in [1.82, 2.24) is 0 Å². The number of carbonyl (C=O) groups excluding carboxylic acids is 2. The molecule has 0 fully saturated rings. The van der Waals surface area contributed by atoms with Gasteiger partial charge in [0.25, 0.3) is 0 Å². The molecule has 0 aliphatic carbocycles. The molecule has 0 aliphatic rings. The molecule has 92 valence electrons. The SMILES string of the molecule is CCOc1ccccc1NC(=O)CC(=O)OC. The quantitative estimate of drug-likeness (QED) is 0.624. The molecule has 1 N–H and O–H groups in total. The molecule has 0 saturated heterocycles. The lowest BCUT2D eigenvalue weighted by Crippen LogP contribution is -2.17. The predicted molar refractivity (Wildman–Crippen MR) is 62.9 cm³/mol. The van der Waals surface area contributed by atoms with E-state index in [-0.39, 0.29) is 6.42 Å². The topological polar surface area (TPSA) is 64.6 Å². The first-order valence-corrected chi connectivity index (χ1v) is 5.25. The Morgan fingerprint density at radius 2 is 2.00 bits per heavy atom. The number of anilines is 1. The summed E-state index contributed by atoms with van der Waals surface area (Å²) in [7, 11) is 1.24. The minimum absolute atomic E-state index is 0.309. The number of hydrogen-bond acceptors (Lipinski definition) is 4. The minimum Gasteiger partial charge on any atom is -0.492 e. The van der Waals surface area contributed by atoms with Crippen LogP contribution < -0.4 is 10.1 Å². The number of ether oxygens (including phenoxy) is 2. The molecule has 0 radical (unpaired) electrons. The highest BCUT2D eigenvalue weighted by Crippen LogP contribution is 2.23. The van der Waals surface area contributed by atoms with Gasteiger partial charge in [-0.25, -0.2) is 0 Å². The van der Waals surface area contributed by atoms with Crippen LogP contribution in [0.25, 0.3) is 0 Å². The first-order chi connectivity index (χ1) is 8.17. The van der Waals surface area contributed by atoms with E-state index in [0.717, 1.165) is 0 Å². The number of benzene rings is 1. The molecule has 0 unspecified atom stereocenters. The molecular weight excluding hydrogens is 222 g/mol. The van der Waals surface area contributed by atoms with Crippen molar-refractivity contribution in [2.24, 2.45) is 0 Å². The van der Waals surface area contributed by atoms with Crippen molar-refractivity contribution in [3.8, 4) is 5.75 Å². The van der Waals surface area contributed by atoms with Crippen LogP contribution in [-0.2, 0) is 14.3 Å². The Morgan fingerprint density at radius 3 is 2.65 bits per heavy atom. The molecule has 0 bridgehead atoms. The lowest BCUT2D eigenvalue weighted by atomic mass is 10.3. The van der Waals surface area contributed by atoms with Gasteiger partial charge in [0.1, 0.15) is 12.2 Å². The van der Waals surface area contributed by atoms with E-state index in [0.29, 0.717) is 18.0 Å². The highest BCUT2D eigenvalue weighted by molar-refractivity contribution is 6.02. The Labute approximate surface area is 99.7 Å². The zero-order valence-corrected chi connectivity index (χ0v) is 9.86. The molecule has 5 heteroatoms. The highest BCUT2D eigenvalue weighted by Gasteiger charge is 2.11. The summed E-state index contributed by atoms with van der Waals surface area (Å²) in [5, 5.41) is 2.60. The molecule has 0 spiro atoms. The summed E-state index contributed by atoms with van der Waals surface area (Å²) in [4.78, 5) is 22.4. The van der Waals surface area contributed by atoms with Crippen LogP contribution >= 0.6 is 0 Å². The smallest absolute Gasteiger partial charge is 0.315 e. The molecule has 1 rings (SSSR count). The number of para-hydroxylation sites is 2. The summed E-state index contributed by atoms with van der Waals surface area (Å²) in [6.45, 7) is 2.36. The predicted octanol–water partition coefficient (Wildman–Crippen LogP) is 1.59. The normalized spacial score (nSPS) is 9.53. The maximum atomic E-state index is 11.5. The lowest BCUT2D eigenvalue weighted by molar-refractivity contribution is -0.142. The lowest BCUT2D eigenvalue weighted by Gasteiger charge is -2.10. The number of carbonyl (C=O) groups is 2. The summed E-state index contributed by atoms with van der Waals surface area (Å²) >= 11 is 0. The average Bonchev–Trinajstić information content (AvgIpc) is 2.31. The summed E-state index contributed by atoms with van der Waals surface area (Å²) < 4.78 is 9.74. The van der Waals surface area contributed by atoms with Gasteiger partial charge in [-0.05, 0) is 19.1 Å². The number of nitrogens with one attached hydrogen (secondary N) is 1. The summed E-state index contributed by atoms with van der Waals surface area (Å²) in [5.41, 5.74) is 0.545. The molecule has 17 heavy (non-hydrogen) atoms. The van der Waals surface area contributed by atoms with Crippen molar-refractivity contribution in [1.29, 1.82) is 0 Å². The molecule has 0 aliphatic heterocycles. The van der Waals surface area contributed by atoms with Gasteiger partial charge >= 0.3 is 5.97 Å². The molecule has 1 amide bonds. The molecule has 0 saturated carbocycles. The molecule has 5 nitrogen and oxygen atoms in total. The van der Waals surface area contributed by atoms with E-state index in [2.05, 4.69) is 10.1 Å². The van der Waals surface area contributed by atoms with Crippen molar-refractivity contribution >= 4 is 17.6 Å². The summed E-state index contributed by atoms with van der Waals surface area (Å²) in [6.07, 6.45) is -0.309. The van der Waals surface area contributed by atoms with Gasteiger partial charge in [0, 0.05) is 0 Å². The number of methoxy groups -OCH3 is 1. The fourth-order valence-electron chi connectivity index (χ4n) is 1.25. The Balaban J connectivity index is 2.67. The van der Waals surface area contributed by atoms with Crippen LogP contribution in [0.5, 0.6) is 5.75 Å². The fourth-order valence-corrected chi connectivity index (χ4v) is 1.25. The van der Waals surface area contributed by atoms with Crippen LogP contribution in [-0.4, -0.2) is 25.6 Å². The Bertz CT molecular complexity index is 403. The van der Waals surface area contributed by atoms with Crippen LogP contribution in [0.1, 0.15) is 13.3 Å². The van der Waals surface area contributed by atoms with Crippen LogP contribution in [0.15, 0.2) is 24.3 Å². The third-order valence-electron chi connectivity index (χ3n) is 1.99. The highest BCUT2D eigenvalue weighted by atomic mass is 16.5. The molecule has 0 atom stereocenters. The van der Waals surface area contributed by atoms with Crippen molar-refractivity contribution in [3.05, 3.63) is 24.3 Å². The van der Waals surface area contributed by atoms with Crippen molar-refractivity contribution in [2.45, 2.75) is 13.3 Å². The van der Waals surface area contributed by atoms with Gasteiger partial charge in [-0.15, -0.1) is 0 Å². The van der Waals surface area contributed by atoms with E-state index in [1.165, 1.54) is 7.11 Å². The van der Waals surface area contributed by atoms with Gasteiger partial charge < -0.3 is 14.8 Å². The maximum Gasteiger partial charge on any atom is 0.315 e. The number of hydrogen-bond donors (Lipinski definition) is 1. The van der Waals surface area contributed by atoms with Crippen molar-refractivity contribution in [2.75, 3.05) is 19.0 Å². The van der Waals surface area contributed by atoms with Crippen LogP contribution in [0, 0.1) is 0 Å². The minimum atomic E-state index is -0.573. The Hall–Kier alpha value is -2.04. The van der Waals surface area contributed by atoms with Crippen LogP contribution in [0.3, 0.4) is 0 Å². The van der Waals surface area contributed by atoms with Gasteiger partial charge in [0.15, 0.2) is 0 Å². The second-order valence-electron chi connectivity index (χ2n) is 3.23. The molecule has 0 aromatic heterocycles.